The average molecular weight is 186 g/mol. The van der Waals surface area contributed by atoms with Crippen LogP contribution in [0, 0.1) is 6.20 Å². The minimum Gasteiger partial charge on any atom is -0.315 e. The number of hydrazine groups is 1. The molecule has 11 heavy (non-hydrogen) atoms. The predicted molar refractivity (Wildman–Crippen MR) is 33.4 cm³/mol. The highest BCUT2D eigenvalue weighted by atomic mass is 35.5. The number of hydrogen-bond donors (Lipinski definition) is 1. The molecule has 1 unspecified atom stereocenters. The van der Waals surface area contributed by atoms with Crippen LogP contribution in [0.3, 0.4) is 0 Å². The number of likely N-dealkylation sites (N-methyl/N-ethyl adjacent to an activating group) is 1. The van der Waals surface area contributed by atoms with Gasteiger partial charge in [0.25, 0.3) is 0 Å². The third kappa shape index (κ3) is 1.18. The van der Waals surface area contributed by atoms with Gasteiger partial charge in [-0.2, -0.15) is 18.2 Å². The van der Waals surface area contributed by atoms with Crippen molar-refractivity contribution in [2.24, 2.45) is 0 Å². The molecule has 0 aromatic heterocycles. The van der Waals surface area contributed by atoms with Gasteiger partial charge >= 0.3 is 6.18 Å². The first-order valence-electron chi connectivity index (χ1n) is 2.73. The summed E-state index contributed by atoms with van der Waals surface area (Å²) in [6, 6.07) is 0. The lowest BCUT2D eigenvalue weighted by atomic mass is 10.3. The molecule has 1 heterocycles. The molecule has 1 radical (unpaired) electrons. The molecule has 6 heteroatoms. The Hall–Kier alpha value is -0.420. The van der Waals surface area contributed by atoms with E-state index in [9.17, 15) is 13.2 Å². The highest BCUT2D eigenvalue weighted by Gasteiger charge is 2.57. The topological polar surface area (TPSA) is 15.3 Å². The molecule has 0 aliphatic carbocycles. The van der Waals surface area contributed by atoms with E-state index in [0.29, 0.717) is 0 Å². The lowest BCUT2D eigenvalue weighted by Gasteiger charge is -2.29. The fourth-order valence-electron chi connectivity index (χ4n) is 0.675. The number of halogens is 4. The van der Waals surface area contributed by atoms with Gasteiger partial charge in [0.2, 0.25) is 5.00 Å². The largest absolute Gasteiger partial charge is 0.426 e. The summed E-state index contributed by atoms with van der Waals surface area (Å²) in [6.45, 7) is 0. The van der Waals surface area contributed by atoms with Crippen molar-refractivity contribution in [2.45, 2.75) is 11.2 Å². The first kappa shape index (κ1) is 8.67. The van der Waals surface area contributed by atoms with Crippen LogP contribution in [0.5, 0.6) is 0 Å². The third-order valence-corrected chi connectivity index (χ3v) is 1.96. The van der Waals surface area contributed by atoms with Crippen LogP contribution in [0.1, 0.15) is 0 Å². The van der Waals surface area contributed by atoms with Crippen molar-refractivity contribution in [3.05, 3.63) is 12.3 Å². The molecular formula is C5H5ClF3N2. The van der Waals surface area contributed by atoms with Gasteiger partial charge in [0.1, 0.15) is 0 Å². The van der Waals surface area contributed by atoms with E-state index < -0.39 is 11.2 Å². The Morgan fingerprint density at radius 1 is 1.64 bits per heavy atom. The zero-order chi connectivity index (χ0) is 8.70. The molecule has 0 aromatic carbocycles. The van der Waals surface area contributed by atoms with Crippen molar-refractivity contribution in [2.75, 3.05) is 7.05 Å². The van der Waals surface area contributed by atoms with Crippen LogP contribution >= 0.6 is 11.6 Å². The highest BCUT2D eigenvalue weighted by Crippen LogP contribution is 2.40. The Balaban J connectivity index is 2.90. The molecule has 0 aromatic rings. The molecule has 1 atom stereocenters. The molecule has 2 nitrogen and oxygen atoms in total. The molecule has 0 fully saturated rings. The van der Waals surface area contributed by atoms with Crippen molar-refractivity contribution >= 4 is 11.6 Å². The second-order valence-corrected chi connectivity index (χ2v) is 2.71. The van der Waals surface area contributed by atoms with Gasteiger partial charge in [-0.3, -0.25) is 0 Å². The van der Waals surface area contributed by atoms with E-state index in [1.54, 1.807) is 0 Å². The molecule has 1 rings (SSSR count). The van der Waals surface area contributed by atoms with E-state index in [1.807, 2.05) is 0 Å². The maximum absolute atomic E-state index is 12.1. The Morgan fingerprint density at radius 2 is 2.18 bits per heavy atom. The molecule has 0 saturated heterocycles. The van der Waals surface area contributed by atoms with Gasteiger partial charge in [-0.15, -0.1) is 0 Å². The molecule has 63 valence electrons. The lowest BCUT2D eigenvalue weighted by Crippen LogP contribution is -2.51. The maximum Gasteiger partial charge on any atom is 0.426 e. The van der Waals surface area contributed by atoms with E-state index in [1.165, 1.54) is 7.05 Å². The quantitative estimate of drug-likeness (QED) is 0.451. The van der Waals surface area contributed by atoms with Crippen LogP contribution in [-0.4, -0.2) is 23.2 Å². The van der Waals surface area contributed by atoms with Crippen molar-refractivity contribution in [3.8, 4) is 0 Å². The van der Waals surface area contributed by atoms with Crippen LogP contribution in [0.25, 0.3) is 0 Å². The van der Waals surface area contributed by atoms with E-state index in [0.717, 1.165) is 11.1 Å². The first-order valence-corrected chi connectivity index (χ1v) is 3.11. The fraction of sp³-hybridized carbons (Fsp3) is 0.600. The van der Waals surface area contributed by atoms with Crippen molar-refractivity contribution < 1.29 is 13.2 Å². The monoisotopic (exact) mass is 185 g/mol. The van der Waals surface area contributed by atoms with E-state index in [-0.39, 0.29) is 0 Å². The van der Waals surface area contributed by atoms with E-state index in [4.69, 9.17) is 11.6 Å². The van der Waals surface area contributed by atoms with E-state index >= 15 is 0 Å². The summed E-state index contributed by atoms with van der Waals surface area (Å²) in [7, 11) is 1.19. The first-order chi connectivity index (χ1) is 4.88. The summed E-state index contributed by atoms with van der Waals surface area (Å²) in [4.78, 5) is -2.45. The van der Waals surface area contributed by atoms with Crippen molar-refractivity contribution in [1.82, 2.24) is 10.4 Å². The van der Waals surface area contributed by atoms with Gasteiger partial charge in [-0.25, -0.2) is 0 Å². The average Bonchev–Trinajstić information content (AvgIpc) is 2.12. The van der Waals surface area contributed by atoms with Crippen LogP contribution in [0.2, 0.25) is 0 Å². The smallest absolute Gasteiger partial charge is 0.315 e. The van der Waals surface area contributed by atoms with Crippen LogP contribution < -0.4 is 5.43 Å². The minimum absolute atomic E-state index is 0.731. The zero-order valence-corrected chi connectivity index (χ0v) is 6.29. The van der Waals surface area contributed by atoms with Crippen molar-refractivity contribution in [1.29, 1.82) is 0 Å². The Bertz CT molecular complexity index is 191. The summed E-state index contributed by atoms with van der Waals surface area (Å²) in [5.74, 6) is 0. The molecule has 1 N–H and O–H groups in total. The second-order valence-electron chi connectivity index (χ2n) is 2.13. The second kappa shape index (κ2) is 2.28. The third-order valence-electron chi connectivity index (χ3n) is 1.38. The lowest BCUT2D eigenvalue weighted by molar-refractivity contribution is -0.183. The molecular weight excluding hydrogens is 181 g/mol. The van der Waals surface area contributed by atoms with Gasteiger partial charge < -0.3 is 5.43 Å². The van der Waals surface area contributed by atoms with Gasteiger partial charge in [0.15, 0.2) is 0 Å². The Kier molecular flexibility index (Phi) is 1.80. The summed E-state index contributed by atoms with van der Waals surface area (Å²) in [6.07, 6.45) is -1.60. The Labute approximate surface area is 66.6 Å². The summed E-state index contributed by atoms with van der Waals surface area (Å²) < 4.78 is 36.3. The van der Waals surface area contributed by atoms with Crippen LogP contribution in [-0.2, 0) is 0 Å². The molecule has 1 aliphatic heterocycles. The Morgan fingerprint density at radius 3 is 2.36 bits per heavy atom. The predicted octanol–water partition coefficient (Wildman–Crippen LogP) is 1.25. The summed E-state index contributed by atoms with van der Waals surface area (Å²) in [5.41, 5.74) is 2.19. The molecule has 0 spiro atoms. The number of rotatable bonds is 0. The standard InChI is InChI=1S/C5H5ClF3N2/c1-11-4(6,2-3-10-11)5(7,8)9/h2,10H,1H3. The molecule has 0 saturated carbocycles. The van der Waals surface area contributed by atoms with Gasteiger partial charge in [-0.05, 0) is 6.08 Å². The zero-order valence-electron chi connectivity index (χ0n) is 5.54. The van der Waals surface area contributed by atoms with Gasteiger partial charge in [-0.1, -0.05) is 11.6 Å². The molecule has 0 amide bonds. The SMILES string of the molecule is CN1N[C]=CC1(Cl)C(F)(F)F. The number of nitrogens with zero attached hydrogens (tertiary/aromatic N) is 1. The minimum atomic E-state index is -4.50. The van der Waals surface area contributed by atoms with Gasteiger partial charge in [0, 0.05) is 7.05 Å². The number of alkyl halides is 4. The summed E-state index contributed by atoms with van der Waals surface area (Å²) >= 11 is 5.22. The number of hydrogen-bond acceptors (Lipinski definition) is 2. The number of nitrogens with one attached hydrogen (secondary N) is 1. The van der Waals surface area contributed by atoms with Crippen LogP contribution in [0.15, 0.2) is 6.08 Å². The normalized spacial score (nSPS) is 32.5. The van der Waals surface area contributed by atoms with Crippen molar-refractivity contribution in [3.63, 3.8) is 0 Å². The van der Waals surface area contributed by atoms with E-state index in [2.05, 4.69) is 11.6 Å². The molecule has 1 aliphatic rings. The molecule has 0 bridgehead atoms. The summed E-state index contributed by atoms with van der Waals surface area (Å²) in [5, 5.41) is 0.731. The highest BCUT2D eigenvalue weighted by molar-refractivity contribution is 6.25. The van der Waals surface area contributed by atoms with Gasteiger partial charge in [0.05, 0.1) is 6.20 Å². The maximum atomic E-state index is 12.1. The fourth-order valence-corrected chi connectivity index (χ4v) is 0.772. The van der Waals surface area contributed by atoms with Crippen LogP contribution in [0.4, 0.5) is 13.2 Å².